The van der Waals surface area contributed by atoms with Crippen molar-refractivity contribution in [2.45, 2.75) is 0 Å². The zero-order valence-electron chi connectivity index (χ0n) is 12.8. The van der Waals surface area contributed by atoms with Crippen LogP contribution < -0.4 is 16.0 Å². The van der Waals surface area contributed by atoms with E-state index in [1.807, 2.05) is 0 Å². The quantitative estimate of drug-likeness (QED) is 0.759. The van der Waals surface area contributed by atoms with E-state index in [-0.39, 0.29) is 11.4 Å². The molecule has 1 saturated heterocycles. The number of carbonyl (C=O) groups is 2. The predicted molar refractivity (Wildman–Crippen MR) is 90.1 cm³/mol. The van der Waals surface area contributed by atoms with Crippen molar-refractivity contribution in [3.63, 3.8) is 0 Å². The molecule has 2 amide bonds. The minimum atomic E-state index is -0.499. The summed E-state index contributed by atoms with van der Waals surface area (Å²) in [6.07, 6.45) is 2.77. The number of nitrogens with one attached hydrogen (secondary N) is 3. The first-order valence-corrected chi connectivity index (χ1v) is 7.88. The van der Waals surface area contributed by atoms with E-state index in [1.54, 1.807) is 24.3 Å². The monoisotopic (exact) mass is 345 g/mol. The topological polar surface area (TPSA) is 96.0 Å². The first kappa shape index (κ1) is 16.4. The lowest BCUT2D eigenvalue weighted by Gasteiger charge is -2.27. The molecule has 0 spiro atoms. The molecule has 2 heterocycles. The summed E-state index contributed by atoms with van der Waals surface area (Å²) in [5.74, 6) is -0.492. The summed E-state index contributed by atoms with van der Waals surface area (Å²) in [6, 6.07) is 6.65. The van der Waals surface area contributed by atoms with Crippen LogP contribution in [0.4, 0.5) is 5.69 Å². The van der Waals surface area contributed by atoms with Gasteiger partial charge in [-0.15, -0.1) is 0 Å². The van der Waals surface area contributed by atoms with Gasteiger partial charge >= 0.3 is 0 Å². The third-order valence-corrected chi connectivity index (χ3v) is 3.90. The normalized spacial score (nSPS) is 13.9. The number of benzene rings is 1. The lowest BCUT2D eigenvalue weighted by Crippen LogP contribution is -2.48. The van der Waals surface area contributed by atoms with Gasteiger partial charge in [0.1, 0.15) is 0 Å². The molecule has 0 saturated carbocycles. The predicted octanol–water partition coefficient (Wildman–Crippen LogP) is 1.33. The number of nitrogens with zero attached hydrogens (tertiary/aromatic N) is 2. The van der Waals surface area contributed by atoms with Crippen LogP contribution in [0.3, 0.4) is 0 Å². The Labute approximate surface area is 143 Å². The molecule has 0 aliphatic carbocycles. The molecule has 1 aromatic carbocycles. The Kier molecular flexibility index (Phi) is 5.02. The maximum absolute atomic E-state index is 12.4. The molecule has 0 radical (unpaired) electrons. The molecule has 7 nitrogen and oxygen atoms in total. The molecule has 1 aliphatic rings. The minimum absolute atomic E-state index is 0.0104. The van der Waals surface area contributed by atoms with E-state index in [0.29, 0.717) is 23.2 Å². The summed E-state index contributed by atoms with van der Waals surface area (Å²) in [5.41, 5.74) is 0.551. The van der Waals surface area contributed by atoms with E-state index in [1.165, 1.54) is 12.4 Å². The third kappa shape index (κ3) is 3.87. The summed E-state index contributed by atoms with van der Waals surface area (Å²) >= 11 is 5.82. The van der Waals surface area contributed by atoms with Crippen LogP contribution in [0.15, 0.2) is 36.7 Å². The number of rotatable bonds is 5. The van der Waals surface area contributed by atoms with Crippen LogP contribution in [0.2, 0.25) is 5.02 Å². The average Bonchev–Trinajstić information content (AvgIpc) is 2.55. The summed E-state index contributed by atoms with van der Waals surface area (Å²) in [5, 5.41) is 9.17. The number of carbonyl (C=O) groups excluding carboxylic acids is 2. The van der Waals surface area contributed by atoms with Gasteiger partial charge in [0.05, 0.1) is 0 Å². The van der Waals surface area contributed by atoms with Crippen molar-refractivity contribution in [3.05, 3.63) is 53.1 Å². The summed E-state index contributed by atoms with van der Waals surface area (Å²) in [4.78, 5) is 32.7. The van der Waals surface area contributed by atoms with Crippen LogP contribution in [-0.4, -0.2) is 41.4 Å². The highest BCUT2D eigenvalue weighted by Gasteiger charge is 2.22. The molecule has 2 aromatic rings. The van der Waals surface area contributed by atoms with Gasteiger partial charge in [-0.25, -0.2) is 9.97 Å². The van der Waals surface area contributed by atoms with Crippen LogP contribution in [0.25, 0.3) is 0 Å². The molecule has 0 unspecified atom stereocenters. The van der Waals surface area contributed by atoms with Crippen molar-refractivity contribution in [1.29, 1.82) is 0 Å². The van der Waals surface area contributed by atoms with Crippen molar-refractivity contribution >= 4 is 29.1 Å². The van der Waals surface area contributed by atoms with E-state index in [0.717, 1.165) is 13.1 Å². The molecule has 3 rings (SSSR count). The van der Waals surface area contributed by atoms with Gasteiger partial charge in [0, 0.05) is 48.7 Å². The fourth-order valence-electron chi connectivity index (χ4n) is 2.21. The van der Waals surface area contributed by atoms with Crippen LogP contribution in [-0.2, 0) is 0 Å². The maximum Gasteiger partial charge on any atom is 0.276 e. The highest BCUT2D eigenvalue weighted by Crippen LogP contribution is 2.14. The van der Waals surface area contributed by atoms with Crippen molar-refractivity contribution in [3.8, 4) is 0 Å². The summed E-state index contributed by atoms with van der Waals surface area (Å²) in [7, 11) is 0. The Balaban J connectivity index is 1.71. The number of hydrogen-bond donors (Lipinski definition) is 3. The molecular formula is C16H16ClN5O2. The summed E-state index contributed by atoms with van der Waals surface area (Å²) < 4.78 is 0. The van der Waals surface area contributed by atoms with E-state index < -0.39 is 11.8 Å². The smallest absolute Gasteiger partial charge is 0.276 e. The summed E-state index contributed by atoms with van der Waals surface area (Å²) in [6.45, 7) is 2.30. The van der Waals surface area contributed by atoms with E-state index >= 15 is 0 Å². The molecule has 1 fully saturated rings. The molecule has 24 heavy (non-hydrogen) atoms. The molecule has 8 heteroatoms. The van der Waals surface area contributed by atoms with E-state index in [4.69, 9.17) is 11.6 Å². The van der Waals surface area contributed by atoms with Crippen LogP contribution in [0.5, 0.6) is 0 Å². The molecule has 1 aliphatic heterocycles. The van der Waals surface area contributed by atoms with Crippen molar-refractivity contribution in [2.24, 2.45) is 5.92 Å². The number of anilines is 1. The largest absolute Gasteiger partial charge is 0.350 e. The molecule has 1 aromatic heterocycles. The maximum atomic E-state index is 12.4. The SMILES string of the molecule is O=C(NCC1CNC1)c1nccnc1C(=O)Nc1ccc(Cl)cc1. The van der Waals surface area contributed by atoms with E-state index in [9.17, 15) is 9.59 Å². The van der Waals surface area contributed by atoms with Gasteiger partial charge in [-0.05, 0) is 24.3 Å². The average molecular weight is 346 g/mol. The Hall–Kier alpha value is -2.51. The van der Waals surface area contributed by atoms with E-state index in [2.05, 4.69) is 25.9 Å². The standard InChI is InChI=1S/C16H16ClN5O2/c17-11-1-3-12(4-2-11)22-16(24)14-13(19-5-6-20-14)15(23)21-9-10-7-18-8-10/h1-6,10,18H,7-9H2,(H,21,23)(H,22,24). The van der Waals surface area contributed by atoms with Gasteiger partial charge in [0.25, 0.3) is 11.8 Å². The van der Waals surface area contributed by atoms with Crippen LogP contribution in [0, 0.1) is 5.92 Å². The van der Waals surface area contributed by atoms with Crippen molar-refractivity contribution in [1.82, 2.24) is 20.6 Å². The second-order valence-corrected chi connectivity index (χ2v) is 5.89. The molecule has 0 atom stereocenters. The lowest BCUT2D eigenvalue weighted by atomic mass is 10.0. The van der Waals surface area contributed by atoms with Crippen molar-refractivity contribution < 1.29 is 9.59 Å². The Morgan fingerprint density at radius 3 is 2.29 bits per heavy atom. The van der Waals surface area contributed by atoms with Gasteiger partial charge in [0.2, 0.25) is 0 Å². The molecule has 0 bridgehead atoms. The number of aromatic nitrogens is 2. The fourth-order valence-corrected chi connectivity index (χ4v) is 2.33. The minimum Gasteiger partial charge on any atom is -0.350 e. The van der Waals surface area contributed by atoms with Gasteiger partial charge in [0.15, 0.2) is 11.4 Å². The van der Waals surface area contributed by atoms with Crippen molar-refractivity contribution in [2.75, 3.05) is 25.0 Å². The zero-order chi connectivity index (χ0) is 16.9. The number of hydrogen-bond acceptors (Lipinski definition) is 5. The number of amides is 2. The molecule has 3 N–H and O–H groups in total. The second kappa shape index (κ2) is 7.37. The van der Waals surface area contributed by atoms with Gasteiger partial charge in [-0.3, -0.25) is 9.59 Å². The Morgan fingerprint density at radius 1 is 1.08 bits per heavy atom. The highest BCUT2D eigenvalue weighted by atomic mass is 35.5. The van der Waals surface area contributed by atoms with Crippen LogP contribution >= 0.6 is 11.6 Å². The lowest BCUT2D eigenvalue weighted by molar-refractivity contribution is 0.0923. The fraction of sp³-hybridized carbons (Fsp3) is 0.250. The second-order valence-electron chi connectivity index (χ2n) is 5.45. The zero-order valence-corrected chi connectivity index (χ0v) is 13.5. The highest BCUT2D eigenvalue weighted by molar-refractivity contribution is 6.30. The van der Waals surface area contributed by atoms with Gasteiger partial charge in [-0.2, -0.15) is 0 Å². The van der Waals surface area contributed by atoms with Gasteiger partial charge < -0.3 is 16.0 Å². The third-order valence-electron chi connectivity index (χ3n) is 3.65. The van der Waals surface area contributed by atoms with Crippen LogP contribution in [0.1, 0.15) is 21.0 Å². The first-order chi connectivity index (χ1) is 11.6. The molecular weight excluding hydrogens is 330 g/mol. The Bertz CT molecular complexity index is 746. The van der Waals surface area contributed by atoms with Gasteiger partial charge in [-0.1, -0.05) is 11.6 Å². The molecule has 124 valence electrons. The number of halogens is 1. The Morgan fingerprint density at radius 2 is 1.71 bits per heavy atom. The first-order valence-electron chi connectivity index (χ1n) is 7.50.